The van der Waals surface area contributed by atoms with Crippen molar-refractivity contribution < 1.29 is 4.79 Å². The van der Waals surface area contributed by atoms with Gasteiger partial charge in [-0.2, -0.15) is 0 Å². The van der Waals surface area contributed by atoms with Crippen molar-refractivity contribution in [2.45, 2.75) is 42.5 Å². The maximum atomic E-state index is 12.2. The number of carbonyl (C=O) groups is 1. The molecule has 0 radical (unpaired) electrons. The molecule has 1 aromatic carbocycles. The van der Waals surface area contributed by atoms with Crippen LogP contribution in [-0.4, -0.2) is 16.8 Å². The third-order valence-corrected chi connectivity index (χ3v) is 5.03. The second-order valence-corrected chi connectivity index (χ2v) is 6.19. The monoisotopic (exact) mass is 293 g/mol. The number of fused-ring (bicyclic) bond motifs is 1. The molecule has 3 heteroatoms. The van der Waals surface area contributed by atoms with Crippen molar-refractivity contribution in [1.29, 1.82) is 0 Å². The van der Waals surface area contributed by atoms with E-state index in [1.165, 1.54) is 24.0 Å². The van der Waals surface area contributed by atoms with Crippen LogP contribution in [0, 0.1) is 0 Å². The molecule has 3 unspecified atom stereocenters. The predicted octanol–water partition coefficient (Wildman–Crippen LogP) is 2.76. The van der Waals surface area contributed by atoms with Crippen LogP contribution in [0.2, 0.25) is 0 Å². The summed E-state index contributed by atoms with van der Waals surface area (Å²) in [5.74, 6) is 0.298. The summed E-state index contributed by atoms with van der Waals surface area (Å²) in [6.45, 7) is 0. The summed E-state index contributed by atoms with van der Waals surface area (Å²) in [6, 6.07) is 8.57. The van der Waals surface area contributed by atoms with Crippen LogP contribution in [0.25, 0.3) is 0 Å². The number of carbonyl (C=O) groups excluding carboxylic acids is 1. The normalized spacial score (nSPS) is 30.5. The van der Waals surface area contributed by atoms with Crippen LogP contribution < -0.4 is 5.32 Å². The summed E-state index contributed by atoms with van der Waals surface area (Å²) in [7, 11) is 0. The van der Waals surface area contributed by atoms with Crippen molar-refractivity contribution in [1.82, 2.24) is 5.32 Å². The lowest BCUT2D eigenvalue weighted by atomic mass is 9.77. The zero-order valence-corrected chi connectivity index (χ0v) is 11.2. The molecule has 1 saturated carbocycles. The third kappa shape index (κ3) is 2.01. The minimum absolute atomic E-state index is 0.0894. The van der Waals surface area contributed by atoms with E-state index in [0.29, 0.717) is 10.9 Å². The van der Waals surface area contributed by atoms with Gasteiger partial charge in [0, 0.05) is 10.9 Å². The van der Waals surface area contributed by atoms with Crippen molar-refractivity contribution in [3.63, 3.8) is 0 Å². The number of hydrogen-bond donors (Lipinski definition) is 1. The second kappa shape index (κ2) is 4.45. The fourth-order valence-electron chi connectivity index (χ4n) is 2.85. The summed E-state index contributed by atoms with van der Waals surface area (Å²) >= 11 is 3.64. The first-order valence-corrected chi connectivity index (χ1v) is 7.19. The molecule has 3 atom stereocenters. The van der Waals surface area contributed by atoms with Gasteiger partial charge in [-0.3, -0.25) is 4.79 Å². The molecule has 0 spiro atoms. The van der Waals surface area contributed by atoms with Gasteiger partial charge in [0.05, 0.1) is 5.92 Å². The number of rotatable bonds is 2. The maximum Gasteiger partial charge on any atom is 0.228 e. The summed E-state index contributed by atoms with van der Waals surface area (Å²) in [5, 5.41) is 3.19. The third-order valence-electron chi connectivity index (χ3n) is 3.93. The first-order chi connectivity index (χ1) is 8.25. The molecule has 0 aliphatic heterocycles. The molecule has 0 aromatic heterocycles. The number of benzene rings is 1. The Morgan fingerprint density at radius 2 is 2.12 bits per heavy atom. The standard InChI is InChI=1S/C14H16BrNO/c15-12-6-3-7-13(12)16-14(17)11-8-9-4-1-2-5-10(9)11/h1-2,4-5,11-13H,3,6-8H2,(H,16,17). The molecular weight excluding hydrogens is 278 g/mol. The van der Waals surface area contributed by atoms with Gasteiger partial charge < -0.3 is 5.32 Å². The molecule has 2 aliphatic rings. The molecule has 0 bridgehead atoms. The fourth-order valence-corrected chi connectivity index (χ4v) is 3.57. The van der Waals surface area contributed by atoms with Crippen LogP contribution in [0.1, 0.15) is 36.3 Å². The minimum Gasteiger partial charge on any atom is -0.352 e. The van der Waals surface area contributed by atoms with E-state index >= 15 is 0 Å². The van der Waals surface area contributed by atoms with Gasteiger partial charge in [0.25, 0.3) is 0 Å². The van der Waals surface area contributed by atoms with Crippen LogP contribution in [0.15, 0.2) is 24.3 Å². The average Bonchev–Trinajstić information content (AvgIpc) is 2.66. The van der Waals surface area contributed by atoms with Crippen molar-refractivity contribution in [3.8, 4) is 0 Å². The van der Waals surface area contributed by atoms with Gasteiger partial charge in [0.2, 0.25) is 5.91 Å². The quantitative estimate of drug-likeness (QED) is 0.835. The van der Waals surface area contributed by atoms with E-state index in [4.69, 9.17) is 0 Å². The molecule has 0 heterocycles. The van der Waals surface area contributed by atoms with E-state index in [0.717, 1.165) is 12.8 Å². The summed E-state index contributed by atoms with van der Waals surface area (Å²) < 4.78 is 0. The summed E-state index contributed by atoms with van der Waals surface area (Å²) in [5.41, 5.74) is 2.54. The Bertz CT molecular complexity index is 446. The molecule has 17 heavy (non-hydrogen) atoms. The highest BCUT2D eigenvalue weighted by Crippen LogP contribution is 2.35. The highest BCUT2D eigenvalue weighted by Gasteiger charge is 2.34. The average molecular weight is 294 g/mol. The van der Waals surface area contributed by atoms with Crippen LogP contribution >= 0.6 is 15.9 Å². The minimum atomic E-state index is 0.0894. The number of nitrogens with one attached hydrogen (secondary N) is 1. The number of amides is 1. The van der Waals surface area contributed by atoms with Crippen molar-refractivity contribution >= 4 is 21.8 Å². The Morgan fingerprint density at radius 1 is 1.29 bits per heavy atom. The van der Waals surface area contributed by atoms with Crippen molar-refractivity contribution in [2.24, 2.45) is 0 Å². The Morgan fingerprint density at radius 3 is 2.82 bits per heavy atom. The molecule has 3 rings (SSSR count). The molecular formula is C14H16BrNO. The van der Waals surface area contributed by atoms with Crippen molar-refractivity contribution in [3.05, 3.63) is 35.4 Å². The molecule has 1 aromatic rings. The first kappa shape index (κ1) is 11.3. The van der Waals surface area contributed by atoms with E-state index in [2.05, 4.69) is 33.4 Å². The van der Waals surface area contributed by atoms with Gasteiger partial charge in [-0.1, -0.05) is 46.6 Å². The Balaban J connectivity index is 1.65. The molecule has 0 saturated heterocycles. The molecule has 2 aliphatic carbocycles. The van der Waals surface area contributed by atoms with E-state index in [9.17, 15) is 4.79 Å². The number of hydrogen-bond acceptors (Lipinski definition) is 1. The molecule has 2 nitrogen and oxygen atoms in total. The van der Waals surface area contributed by atoms with Gasteiger partial charge in [0.15, 0.2) is 0 Å². The first-order valence-electron chi connectivity index (χ1n) is 6.28. The van der Waals surface area contributed by atoms with E-state index in [-0.39, 0.29) is 11.8 Å². The highest BCUT2D eigenvalue weighted by molar-refractivity contribution is 9.09. The van der Waals surface area contributed by atoms with Crippen LogP contribution in [0.4, 0.5) is 0 Å². The predicted molar refractivity (Wildman–Crippen MR) is 71.4 cm³/mol. The Hall–Kier alpha value is -0.830. The summed E-state index contributed by atoms with van der Waals surface area (Å²) in [6.07, 6.45) is 4.39. The van der Waals surface area contributed by atoms with Gasteiger partial charge in [-0.25, -0.2) is 0 Å². The van der Waals surface area contributed by atoms with Gasteiger partial charge in [-0.15, -0.1) is 0 Å². The summed E-state index contributed by atoms with van der Waals surface area (Å²) in [4.78, 5) is 12.6. The van der Waals surface area contributed by atoms with E-state index in [1.807, 2.05) is 12.1 Å². The molecule has 1 amide bonds. The van der Waals surface area contributed by atoms with E-state index in [1.54, 1.807) is 0 Å². The van der Waals surface area contributed by atoms with Gasteiger partial charge in [-0.05, 0) is 30.4 Å². The van der Waals surface area contributed by atoms with Crippen molar-refractivity contribution in [2.75, 3.05) is 0 Å². The lowest BCUT2D eigenvalue weighted by Crippen LogP contribution is -2.43. The van der Waals surface area contributed by atoms with Crippen LogP contribution in [0.3, 0.4) is 0 Å². The van der Waals surface area contributed by atoms with Gasteiger partial charge >= 0.3 is 0 Å². The van der Waals surface area contributed by atoms with Crippen LogP contribution in [0.5, 0.6) is 0 Å². The van der Waals surface area contributed by atoms with Crippen LogP contribution in [-0.2, 0) is 11.2 Å². The number of halogens is 1. The lowest BCUT2D eigenvalue weighted by molar-refractivity contribution is -0.123. The highest BCUT2D eigenvalue weighted by atomic mass is 79.9. The Kier molecular flexibility index (Phi) is 2.95. The number of alkyl halides is 1. The molecule has 1 fully saturated rings. The smallest absolute Gasteiger partial charge is 0.228 e. The zero-order valence-electron chi connectivity index (χ0n) is 9.66. The molecule has 90 valence electrons. The lowest BCUT2D eigenvalue weighted by Gasteiger charge is -2.30. The molecule has 1 N–H and O–H groups in total. The fraction of sp³-hybridized carbons (Fsp3) is 0.500. The maximum absolute atomic E-state index is 12.2. The second-order valence-electron chi connectivity index (χ2n) is 5.02. The largest absolute Gasteiger partial charge is 0.352 e. The zero-order chi connectivity index (χ0) is 11.8. The topological polar surface area (TPSA) is 29.1 Å². The van der Waals surface area contributed by atoms with E-state index < -0.39 is 0 Å². The SMILES string of the molecule is O=C(NC1CCCC1Br)C1Cc2ccccc21. The van der Waals surface area contributed by atoms with Gasteiger partial charge in [0.1, 0.15) is 0 Å². The Labute approximate surface area is 110 Å².